The molecule has 0 radical (unpaired) electrons. The number of nitrogens with zero attached hydrogens (tertiary/aromatic N) is 2. The molecule has 282 valence electrons. The molecule has 0 bridgehead atoms. The van der Waals surface area contributed by atoms with Gasteiger partial charge >= 0.3 is 6.09 Å². The van der Waals surface area contributed by atoms with Crippen LogP contribution in [-0.4, -0.2) is 87.5 Å². The number of carboxylic acid groups (broad SMARTS) is 1. The molecule has 1 aromatic heterocycles. The maximum Gasteiger partial charge on any atom is 0.404 e. The van der Waals surface area contributed by atoms with Crippen molar-refractivity contribution in [2.75, 3.05) is 19.7 Å². The topological polar surface area (TPSA) is 170 Å². The third-order valence-corrected chi connectivity index (χ3v) is 10.5. The number of carbonyl (C=O) groups excluding carboxylic acids is 3. The van der Waals surface area contributed by atoms with Crippen LogP contribution in [0, 0.1) is 12.3 Å². The van der Waals surface area contributed by atoms with Crippen LogP contribution in [0.5, 0.6) is 5.75 Å². The van der Waals surface area contributed by atoms with Crippen molar-refractivity contribution >= 4 is 35.2 Å². The van der Waals surface area contributed by atoms with Gasteiger partial charge in [-0.05, 0) is 49.7 Å². The largest absolute Gasteiger partial charge is 0.493 e. The molecule has 1 saturated heterocycles. The molecule has 0 spiro atoms. The molecule has 51 heavy (non-hydrogen) atoms. The number of carbonyl (C=O) groups is 4. The van der Waals surface area contributed by atoms with Gasteiger partial charge < -0.3 is 35.8 Å². The second-order valence-corrected chi connectivity index (χ2v) is 15.7. The van der Waals surface area contributed by atoms with Crippen molar-refractivity contribution in [3.05, 3.63) is 35.0 Å². The molecule has 1 aromatic carbocycles. The third kappa shape index (κ3) is 11.6. The van der Waals surface area contributed by atoms with Gasteiger partial charge in [0.05, 0.1) is 28.8 Å². The number of ether oxygens (including phenoxy) is 1. The van der Waals surface area contributed by atoms with Crippen molar-refractivity contribution in [1.29, 1.82) is 0 Å². The summed E-state index contributed by atoms with van der Waals surface area (Å²) in [5, 5.41) is 27.1. The number of amides is 4. The van der Waals surface area contributed by atoms with E-state index in [1.54, 1.807) is 37.6 Å². The predicted octanol–water partition coefficient (Wildman–Crippen LogP) is 5.50. The Morgan fingerprint density at radius 1 is 1.06 bits per heavy atom. The van der Waals surface area contributed by atoms with E-state index in [2.05, 4.69) is 20.9 Å². The molecule has 4 amide bonds. The summed E-state index contributed by atoms with van der Waals surface area (Å²) in [4.78, 5) is 57.2. The molecule has 1 aliphatic carbocycles. The Hall–Kier alpha value is -3.78. The number of β-amino-alcohol motifs (C(OH)–C–C–N with tert-alkyl or cyclic N) is 1. The highest BCUT2D eigenvalue weighted by Gasteiger charge is 2.53. The van der Waals surface area contributed by atoms with Crippen LogP contribution in [0.25, 0.3) is 10.4 Å². The normalized spacial score (nSPS) is 18.6. The molecule has 0 unspecified atom stereocenters. The molecule has 3 atom stereocenters. The number of rotatable bonds is 19. The van der Waals surface area contributed by atoms with E-state index in [4.69, 9.17) is 9.84 Å². The van der Waals surface area contributed by atoms with Gasteiger partial charge in [0.1, 0.15) is 17.8 Å². The number of aromatic nitrogens is 1. The molecule has 5 N–H and O–H groups in total. The first-order chi connectivity index (χ1) is 24.2. The van der Waals surface area contributed by atoms with Crippen molar-refractivity contribution in [3.8, 4) is 16.2 Å². The number of likely N-dealkylation sites (tertiary alicyclic amines) is 1. The van der Waals surface area contributed by atoms with E-state index in [0.717, 1.165) is 73.1 Å². The average Bonchev–Trinajstić information content (AvgIpc) is 3.48. The average molecular weight is 732 g/mol. The first-order valence-corrected chi connectivity index (χ1v) is 19.0. The number of aliphatic hydroxyl groups excluding tert-OH is 1. The Kier molecular flexibility index (Phi) is 14.2. The Bertz CT molecular complexity index is 1510. The SMILES string of the molecule is Cc1ncsc1-c1ccc(CNC(=O)[C@@H]2C[C@@H](O)CN2C(=O)[C@@H](NC(=O)C2(F)CC2)C(C)(C)C)c(OCCCCCCCCCCNC(=O)O)c1. The summed E-state index contributed by atoms with van der Waals surface area (Å²) in [5.41, 5.74) is 1.72. The Morgan fingerprint density at radius 3 is 2.33 bits per heavy atom. The van der Waals surface area contributed by atoms with Gasteiger partial charge in [-0.3, -0.25) is 14.4 Å². The van der Waals surface area contributed by atoms with Crippen LogP contribution in [-0.2, 0) is 20.9 Å². The van der Waals surface area contributed by atoms with Gasteiger partial charge in [0.25, 0.3) is 5.91 Å². The fourth-order valence-electron chi connectivity index (χ4n) is 6.24. The van der Waals surface area contributed by atoms with Crippen molar-refractivity contribution in [3.63, 3.8) is 0 Å². The van der Waals surface area contributed by atoms with Crippen LogP contribution in [0.2, 0.25) is 0 Å². The molecular formula is C37H54FN5O7S. The van der Waals surface area contributed by atoms with Gasteiger partial charge in [0.2, 0.25) is 11.8 Å². The predicted molar refractivity (Wildman–Crippen MR) is 193 cm³/mol. The summed E-state index contributed by atoms with van der Waals surface area (Å²) in [7, 11) is 0. The van der Waals surface area contributed by atoms with E-state index >= 15 is 0 Å². The summed E-state index contributed by atoms with van der Waals surface area (Å²) < 4.78 is 20.8. The molecule has 14 heteroatoms. The molecule has 2 aliphatic rings. The summed E-state index contributed by atoms with van der Waals surface area (Å²) in [6, 6.07) is 3.81. The summed E-state index contributed by atoms with van der Waals surface area (Å²) in [5.74, 6) is -1.14. The Morgan fingerprint density at radius 2 is 1.73 bits per heavy atom. The number of aliphatic hydroxyl groups is 1. The Labute approximate surface area is 303 Å². The lowest BCUT2D eigenvalue weighted by atomic mass is 9.85. The number of benzene rings is 1. The molecule has 4 rings (SSSR count). The standard InChI is InChI=1S/C37H54FN5O7S/c1-24-30(51-23-41-24)25-13-14-26(29(19-25)50-18-12-10-8-6-5-7-9-11-17-39-35(48)49)21-40-32(45)28-20-27(44)22-43(28)33(46)31(36(2,3)4)42-34(47)37(38)15-16-37/h13-14,19,23,27-28,31,39,44H,5-12,15-18,20-22H2,1-4H3,(H,40,45)(H,42,47)(H,48,49)/t27-,28+,31-/m1/s1. The number of alkyl halides is 1. The van der Waals surface area contributed by atoms with Gasteiger partial charge in [-0.2, -0.15) is 0 Å². The van der Waals surface area contributed by atoms with Gasteiger partial charge in [0.15, 0.2) is 5.67 Å². The molecule has 2 aromatic rings. The number of unbranched alkanes of at least 4 members (excludes halogenated alkanes) is 7. The van der Waals surface area contributed by atoms with Crippen molar-refractivity contribution in [2.24, 2.45) is 5.41 Å². The van der Waals surface area contributed by atoms with Crippen molar-refractivity contribution in [1.82, 2.24) is 25.8 Å². The summed E-state index contributed by atoms with van der Waals surface area (Å²) in [6.45, 7) is 8.31. The van der Waals surface area contributed by atoms with Crippen LogP contribution in [0.1, 0.15) is 103 Å². The monoisotopic (exact) mass is 731 g/mol. The number of thiazole rings is 1. The molecule has 1 aliphatic heterocycles. The molecule has 1 saturated carbocycles. The van der Waals surface area contributed by atoms with Gasteiger partial charge in [-0.1, -0.05) is 71.4 Å². The quantitative estimate of drug-likeness (QED) is 0.118. The number of hydrogen-bond acceptors (Lipinski definition) is 8. The second-order valence-electron chi connectivity index (χ2n) is 14.8. The fraction of sp³-hybridized carbons (Fsp3) is 0.649. The summed E-state index contributed by atoms with van der Waals surface area (Å²) in [6.07, 6.45) is 6.49. The zero-order chi connectivity index (χ0) is 37.2. The van der Waals surface area contributed by atoms with E-state index in [9.17, 15) is 28.7 Å². The lowest BCUT2D eigenvalue weighted by Crippen LogP contribution is -2.59. The van der Waals surface area contributed by atoms with Crippen molar-refractivity contribution in [2.45, 2.75) is 129 Å². The number of nitrogens with one attached hydrogen (secondary N) is 3. The van der Waals surface area contributed by atoms with Gasteiger partial charge in [-0.25, -0.2) is 14.2 Å². The number of aryl methyl sites for hydroxylation is 1. The fourth-order valence-corrected chi connectivity index (χ4v) is 7.04. The molecule has 2 fully saturated rings. The van der Waals surface area contributed by atoms with E-state index in [0.29, 0.717) is 18.9 Å². The maximum atomic E-state index is 14.5. The highest BCUT2D eigenvalue weighted by Crippen LogP contribution is 2.40. The first kappa shape index (κ1) is 40.0. The zero-order valence-electron chi connectivity index (χ0n) is 30.3. The highest BCUT2D eigenvalue weighted by molar-refractivity contribution is 7.13. The van der Waals surface area contributed by atoms with Crippen LogP contribution >= 0.6 is 11.3 Å². The zero-order valence-corrected chi connectivity index (χ0v) is 31.1. The summed E-state index contributed by atoms with van der Waals surface area (Å²) >= 11 is 1.54. The van der Waals surface area contributed by atoms with E-state index in [1.807, 2.05) is 25.1 Å². The molecular weight excluding hydrogens is 678 g/mol. The van der Waals surface area contributed by atoms with Crippen LogP contribution in [0.15, 0.2) is 23.7 Å². The minimum Gasteiger partial charge on any atom is -0.493 e. The maximum absolute atomic E-state index is 14.5. The Balaban J connectivity index is 1.34. The molecule has 12 nitrogen and oxygen atoms in total. The highest BCUT2D eigenvalue weighted by atomic mass is 32.1. The smallest absolute Gasteiger partial charge is 0.404 e. The van der Waals surface area contributed by atoms with Crippen LogP contribution in [0.4, 0.5) is 9.18 Å². The minimum absolute atomic E-state index is 0.0459. The number of hydrogen-bond donors (Lipinski definition) is 5. The van der Waals surface area contributed by atoms with E-state index in [1.165, 1.54) is 4.90 Å². The lowest BCUT2D eigenvalue weighted by Gasteiger charge is -2.35. The van der Waals surface area contributed by atoms with Gasteiger partial charge in [0, 0.05) is 31.6 Å². The van der Waals surface area contributed by atoms with E-state index in [-0.39, 0.29) is 32.4 Å². The van der Waals surface area contributed by atoms with Crippen LogP contribution in [0.3, 0.4) is 0 Å². The number of halogens is 1. The molecule has 2 heterocycles. The van der Waals surface area contributed by atoms with Crippen molar-refractivity contribution < 1.29 is 38.5 Å². The van der Waals surface area contributed by atoms with E-state index < -0.39 is 53.1 Å². The third-order valence-electron chi connectivity index (χ3n) is 9.48. The lowest BCUT2D eigenvalue weighted by molar-refractivity contribution is -0.145. The second kappa shape index (κ2) is 18.1. The van der Waals surface area contributed by atoms with Gasteiger partial charge in [-0.15, -0.1) is 11.3 Å². The van der Waals surface area contributed by atoms with Crippen LogP contribution < -0.4 is 20.7 Å². The minimum atomic E-state index is -1.95. The first-order valence-electron chi connectivity index (χ1n) is 18.1.